The maximum Gasteiger partial charge on any atom is 0.303 e. The lowest BCUT2D eigenvalue weighted by Crippen LogP contribution is -1.99. The van der Waals surface area contributed by atoms with Gasteiger partial charge in [0.1, 0.15) is 5.75 Å². The Morgan fingerprint density at radius 2 is 1.52 bits per heavy atom. The minimum atomic E-state index is -0.763. The van der Waals surface area contributed by atoms with Gasteiger partial charge < -0.3 is 9.84 Å². The van der Waals surface area contributed by atoms with E-state index in [0.717, 1.165) is 37.2 Å². The number of aliphatic carboxylic acids is 1. The van der Waals surface area contributed by atoms with Crippen molar-refractivity contribution in [2.75, 3.05) is 6.61 Å². The van der Waals surface area contributed by atoms with Gasteiger partial charge in [-0.15, -0.1) is 0 Å². The molecule has 0 aliphatic carbocycles. The number of unbranched alkanes of at least 4 members (excludes halogenated alkanes) is 2. The van der Waals surface area contributed by atoms with Crippen molar-refractivity contribution in [2.24, 2.45) is 0 Å². The van der Waals surface area contributed by atoms with Crippen LogP contribution < -0.4 is 4.74 Å². The standard InChI is InChI=1S/C20H24O3/c21-20(22)15-12-18-10-13-19(14-11-18)23-16-6-2-5-9-17-7-3-1-4-8-17/h1,3-4,7-8,10-11,13-14H,2,5-6,9,12,15-16H2,(H,21,22). The Kier molecular flexibility index (Phi) is 7.18. The Hall–Kier alpha value is -2.29. The third-order valence-electron chi connectivity index (χ3n) is 3.77. The highest BCUT2D eigenvalue weighted by Gasteiger charge is 2.00. The van der Waals surface area contributed by atoms with E-state index in [1.165, 1.54) is 12.0 Å². The zero-order valence-electron chi connectivity index (χ0n) is 13.4. The highest BCUT2D eigenvalue weighted by molar-refractivity contribution is 5.67. The lowest BCUT2D eigenvalue weighted by atomic mass is 10.1. The van der Waals surface area contributed by atoms with Crippen LogP contribution in [0.3, 0.4) is 0 Å². The number of ether oxygens (including phenoxy) is 1. The van der Waals surface area contributed by atoms with Gasteiger partial charge in [-0.05, 0) is 55.4 Å². The van der Waals surface area contributed by atoms with Gasteiger partial charge in [0, 0.05) is 6.42 Å². The van der Waals surface area contributed by atoms with E-state index in [2.05, 4.69) is 24.3 Å². The van der Waals surface area contributed by atoms with Crippen LogP contribution in [0.5, 0.6) is 5.75 Å². The Morgan fingerprint density at radius 3 is 2.22 bits per heavy atom. The van der Waals surface area contributed by atoms with Crippen LogP contribution in [0.25, 0.3) is 0 Å². The molecule has 0 spiro atoms. The van der Waals surface area contributed by atoms with Gasteiger partial charge in [0.05, 0.1) is 6.61 Å². The molecule has 0 aromatic heterocycles. The zero-order chi connectivity index (χ0) is 16.3. The molecule has 0 fully saturated rings. The van der Waals surface area contributed by atoms with Crippen molar-refractivity contribution in [1.29, 1.82) is 0 Å². The van der Waals surface area contributed by atoms with Crippen LogP contribution in [0.2, 0.25) is 0 Å². The molecule has 122 valence electrons. The molecule has 2 rings (SSSR count). The molecule has 0 amide bonds. The molecule has 3 heteroatoms. The highest BCUT2D eigenvalue weighted by atomic mass is 16.5. The molecule has 0 aliphatic rings. The number of aryl methyl sites for hydroxylation is 2. The van der Waals surface area contributed by atoms with Crippen LogP contribution in [-0.4, -0.2) is 17.7 Å². The number of carbonyl (C=O) groups is 1. The van der Waals surface area contributed by atoms with Crippen LogP contribution in [0, 0.1) is 0 Å². The van der Waals surface area contributed by atoms with E-state index in [0.29, 0.717) is 6.42 Å². The Labute approximate surface area is 137 Å². The second-order valence-electron chi connectivity index (χ2n) is 5.68. The lowest BCUT2D eigenvalue weighted by Gasteiger charge is -2.07. The molecule has 0 saturated heterocycles. The minimum Gasteiger partial charge on any atom is -0.494 e. The van der Waals surface area contributed by atoms with E-state index in [9.17, 15) is 4.79 Å². The maximum atomic E-state index is 10.5. The molecule has 2 aromatic rings. The van der Waals surface area contributed by atoms with Crippen LogP contribution in [0.1, 0.15) is 36.8 Å². The predicted octanol–water partition coefficient (Wildman–Crippen LogP) is 4.50. The Balaban J connectivity index is 1.58. The summed E-state index contributed by atoms with van der Waals surface area (Å²) in [4.78, 5) is 10.5. The second-order valence-corrected chi connectivity index (χ2v) is 5.68. The van der Waals surface area contributed by atoms with E-state index in [1.54, 1.807) is 0 Å². The molecule has 0 bridgehead atoms. The largest absolute Gasteiger partial charge is 0.494 e. The first-order chi connectivity index (χ1) is 11.2. The summed E-state index contributed by atoms with van der Waals surface area (Å²) in [6.45, 7) is 0.725. The summed E-state index contributed by atoms with van der Waals surface area (Å²) in [6, 6.07) is 18.3. The Bertz CT molecular complexity index is 576. The topological polar surface area (TPSA) is 46.5 Å². The first-order valence-corrected chi connectivity index (χ1v) is 8.21. The number of benzene rings is 2. The van der Waals surface area contributed by atoms with Crippen molar-refractivity contribution in [3.05, 3.63) is 65.7 Å². The van der Waals surface area contributed by atoms with Crippen LogP contribution in [-0.2, 0) is 17.6 Å². The van der Waals surface area contributed by atoms with E-state index in [1.807, 2.05) is 30.3 Å². The monoisotopic (exact) mass is 312 g/mol. The quantitative estimate of drug-likeness (QED) is 0.657. The van der Waals surface area contributed by atoms with Gasteiger partial charge in [0.25, 0.3) is 0 Å². The molecule has 0 atom stereocenters. The maximum absolute atomic E-state index is 10.5. The molecule has 2 aromatic carbocycles. The normalized spacial score (nSPS) is 10.4. The summed E-state index contributed by atoms with van der Waals surface area (Å²) < 4.78 is 5.72. The molecule has 23 heavy (non-hydrogen) atoms. The molecule has 0 heterocycles. The molecular weight excluding hydrogens is 288 g/mol. The fourth-order valence-electron chi connectivity index (χ4n) is 2.45. The average molecular weight is 312 g/mol. The van der Waals surface area contributed by atoms with Crippen molar-refractivity contribution in [1.82, 2.24) is 0 Å². The van der Waals surface area contributed by atoms with Gasteiger partial charge in [0.2, 0.25) is 0 Å². The lowest BCUT2D eigenvalue weighted by molar-refractivity contribution is -0.136. The number of carboxylic acid groups (broad SMARTS) is 1. The second kappa shape index (κ2) is 9.67. The summed E-state index contributed by atoms with van der Waals surface area (Å²) in [5.41, 5.74) is 2.42. The smallest absolute Gasteiger partial charge is 0.303 e. The van der Waals surface area contributed by atoms with Crippen molar-refractivity contribution in [3.8, 4) is 5.75 Å². The Morgan fingerprint density at radius 1 is 0.826 bits per heavy atom. The van der Waals surface area contributed by atoms with Gasteiger partial charge >= 0.3 is 5.97 Å². The SMILES string of the molecule is O=C(O)CCc1ccc(OCCCCCc2ccccc2)cc1. The summed E-state index contributed by atoms with van der Waals surface area (Å²) in [5.74, 6) is 0.0907. The summed E-state index contributed by atoms with van der Waals surface area (Å²) in [7, 11) is 0. The molecule has 0 aliphatic heterocycles. The van der Waals surface area contributed by atoms with Gasteiger partial charge in [0.15, 0.2) is 0 Å². The molecule has 0 unspecified atom stereocenters. The van der Waals surface area contributed by atoms with Crippen molar-refractivity contribution in [3.63, 3.8) is 0 Å². The molecule has 0 saturated carbocycles. The van der Waals surface area contributed by atoms with Crippen LogP contribution >= 0.6 is 0 Å². The van der Waals surface area contributed by atoms with Gasteiger partial charge in [-0.25, -0.2) is 0 Å². The van der Waals surface area contributed by atoms with E-state index in [-0.39, 0.29) is 6.42 Å². The summed E-state index contributed by atoms with van der Waals surface area (Å²) in [6.07, 6.45) is 5.25. The van der Waals surface area contributed by atoms with Gasteiger partial charge in [-0.3, -0.25) is 4.79 Å². The van der Waals surface area contributed by atoms with E-state index < -0.39 is 5.97 Å². The third kappa shape index (κ3) is 7.00. The summed E-state index contributed by atoms with van der Waals surface area (Å²) >= 11 is 0. The first kappa shape index (κ1) is 17.1. The molecule has 0 radical (unpaired) electrons. The van der Waals surface area contributed by atoms with Gasteiger partial charge in [-0.2, -0.15) is 0 Å². The van der Waals surface area contributed by atoms with Crippen LogP contribution in [0.4, 0.5) is 0 Å². The number of hydrogen-bond acceptors (Lipinski definition) is 2. The van der Waals surface area contributed by atoms with Crippen molar-refractivity contribution >= 4 is 5.97 Å². The average Bonchev–Trinajstić information content (AvgIpc) is 2.58. The summed E-state index contributed by atoms with van der Waals surface area (Å²) in [5, 5.41) is 8.66. The fraction of sp³-hybridized carbons (Fsp3) is 0.350. The first-order valence-electron chi connectivity index (χ1n) is 8.21. The highest BCUT2D eigenvalue weighted by Crippen LogP contribution is 2.14. The van der Waals surface area contributed by atoms with Gasteiger partial charge in [-0.1, -0.05) is 42.5 Å². The van der Waals surface area contributed by atoms with Crippen molar-refractivity contribution < 1.29 is 14.6 Å². The number of hydrogen-bond donors (Lipinski definition) is 1. The number of rotatable bonds is 10. The number of carboxylic acids is 1. The fourth-order valence-corrected chi connectivity index (χ4v) is 2.45. The predicted molar refractivity (Wildman–Crippen MR) is 91.9 cm³/mol. The minimum absolute atomic E-state index is 0.168. The molecule has 1 N–H and O–H groups in total. The van der Waals surface area contributed by atoms with E-state index in [4.69, 9.17) is 9.84 Å². The van der Waals surface area contributed by atoms with E-state index >= 15 is 0 Å². The molecule has 3 nitrogen and oxygen atoms in total. The molecular formula is C20H24O3. The third-order valence-corrected chi connectivity index (χ3v) is 3.77. The van der Waals surface area contributed by atoms with Crippen molar-refractivity contribution in [2.45, 2.75) is 38.5 Å². The zero-order valence-corrected chi connectivity index (χ0v) is 13.4. The van der Waals surface area contributed by atoms with Crippen LogP contribution in [0.15, 0.2) is 54.6 Å².